The summed E-state index contributed by atoms with van der Waals surface area (Å²) in [6, 6.07) is 15.4. The van der Waals surface area contributed by atoms with Gasteiger partial charge in [0.25, 0.3) is 11.5 Å². The maximum atomic E-state index is 13.2. The van der Waals surface area contributed by atoms with E-state index in [9.17, 15) is 14.0 Å². The smallest absolute Gasteiger partial charge is 0.288 e. The van der Waals surface area contributed by atoms with Crippen molar-refractivity contribution in [1.29, 1.82) is 0 Å². The number of hydrogen-bond acceptors (Lipinski definition) is 5. The lowest BCUT2D eigenvalue weighted by Gasteiger charge is -2.14. The van der Waals surface area contributed by atoms with Crippen LogP contribution in [-0.4, -0.2) is 27.6 Å². The molecule has 1 amide bonds. The van der Waals surface area contributed by atoms with Gasteiger partial charge in [-0.25, -0.2) is 14.4 Å². The molecule has 29 heavy (non-hydrogen) atoms. The fourth-order valence-corrected chi connectivity index (χ4v) is 2.93. The van der Waals surface area contributed by atoms with Crippen LogP contribution in [-0.2, 0) is 0 Å². The Hall–Kier alpha value is -4.07. The quantitative estimate of drug-likeness (QED) is 0.578. The summed E-state index contributed by atoms with van der Waals surface area (Å²) in [4.78, 5) is 34.5. The van der Waals surface area contributed by atoms with Crippen LogP contribution < -0.4 is 15.6 Å². The minimum atomic E-state index is -0.712. The van der Waals surface area contributed by atoms with Crippen LogP contribution in [0.1, 0.15) is 10.5 Å². The fraction of sp³-hybridized carbons (Fsp3) is 0.0476. The van der Waals surface area contributed by atoms with E-state index in [0.717, 1.165) is 0 Å². The van der Waals surface area contributed by atoms with Gasteiger partial charge >= 0.3 is 0 Å². The van der Waals surface area contributed by atoms with Crippen molar-refractivity contribution in [3.8, 4) is 11.4 Å². The number of nitrogens with zero attached hydrogens (tertiary/aromatic N) is 3. The van der Waals surface area contributed by atoms with Crippen LogP contribution in [0.15, 0.2) is 71.7 Å². The molecule has 0 saturated heterocycles. The van der Waals surface area contributed by atoms with Gasteiger partial charge < -0.3 is 10.1 Å². The van der Waals surface area contributed by atoms with Crippen LogP contribution in [0.4, 0.5) is 10.1 Å². The van der Waals surface area contributed by atoms with Crippen LogP contribution in [0, 0.1) is 5.82 Å². The summed E-state index contributed by atoms with van der Waals surface area (Å²) >= 11 is 0. The summed E-state index contributed by atoms with van der Waals surface area (Å²) in [6.45, 7) is 0. The number of hydrogen-bond donors (Lipinski definition) is 1. The number of methoxy groups -OCH3 is 1. The van der Waals surface area contributed by atoms with Crippen molar-refractivity contribution in [2.45, 2.75) is 0 Å². The molecule has 0 unspecified atom stereocenters. The molecule has 0 fully saturated rings. The van der Waals surface area contributed by atoms with E-state index in [1.807, 2.05) is 0 Å². The van der Waals surface area contributed by atoms with Crippen molar-refractivity contribution in [1.82, 2.24) is 14.5 Å². The van der Waals surface area contributed by atoms with Crippen molar-refractivity contribution < 1.29 is 13.9 Å². The third-order valence-electron chi connectivity index (χ3n) is 4.26. The molecule has 1 N–H and O–H groups in total. The number of carbonyl (C=O) groups is 1. The Kier molecular flexibility index (Phi) is 4.74. The first-order valence-electron chi connectivity index (χ1n) is 8.66. The molecule has 0 aliphatic carbocycles. The van der Waals surface area contributed by atoms with Crippen LogP contribution >= 0.6 is 0 Å². The van der Waals surface area contributed by atoms with Crippen molar-refractivity contribution in [2.75, 3.05) is 12.4 Å². The number of carbonyl (C=O) groups excluding carboxylic acids is 1. The van der Waals surface area contributed by atoms with Crippen molar-refractivity contribution in [3.63, 3.8) is 0 Å². The van der Waals surface area contributed by atoms with Gasteiger partial charge in [0.2, 0.25) is 0 Å². The minimum absolute atomic E-state index is 0.292. The molecule has 0 spiro atoms. The Morgan fingerprint density at radius 2 is 1.83 bits per heavy atom. The third kappa shape index (κ3) is 3.43. The standard InChI is InChI=1S/C21H15FN4O3/c1-29-17-7-3-2-6-16(17)26-19-15(5-4-12-23-19)25-18(21(26)28)20(27)24-14-10-8-13(22)9-11-14/h2-12H,1H3,(H,24,27). The highest BCUT2D eigenvalue weighted by atomic mass is 19.1. The molecular formula is C21H15FN4O3. The number of rotatable bonds is 4. The van der Waals surface area contributed by atoms with Gasteiger partial charge in [-0.15, -0.1) is 0 Å². The first kappa shape index (κ1) is 18.3. The first-order chi connectivity index (χ1) is 14.1. The first-order valence-corrected chi connectivity index (χ1v) is 8.66. The lowest BCUT2D eigenvalue weighted by atomic mass is 10.2. The molecule has 2 heterocycles. The minimum Gasteiger partial charge on any atom is -0.495 e. The van der Waals surface area contributed by atoms with Gasteiger partial charge in [-0.3, -0.25) is 14.2 Å². The summed E-state index contributed by atoms with van der Waals surface area (Å²) in [5.74, 6) is -0.704. The number of para-hydroxylation sites is 2. The van der Waals surface area contributed by atoms with Crippen LogP contribution in [0.5, 0.6) is 5.75 Å². The predicted molar refractivity (Wildman–Crippen MR) is 106 cm³/mol. The number of ether oxygens (including phenoxy) is 1. The Morgan fingerprint density at radius 1 is 1.07 bits per heavy atom. The number of nitrogens with one attached hydrogen (secondary N) is 1. The number of halogens is 1. The Bertz CT molecular complexity index is 1270. The zero-order chi connectivity index (χ0) is 20.4. The number of anilines is 1. The second-order valence-corrected chi connectivity index (χ2v) is 6.08. The summed E-state index contributed by atoms with van der Waals surface area (Å²) in [5, 5.41) is 2.57. The molecule has 0 radical (unpaired) electrons. The van der Waals surface area contributed by atoms with Gasteiger partial charge in [0.1, 0.15) is 17.1 Å². The molecule has 144 valence electrons. The number of aromatic nitrogens is 3. The third-order valence-corrected chi connectivity index (χ3v) is 4.26. The van der Waals surface area contributed by atoms with E-state index in [4.69, 9.17) is 4.74 Å². The van der Waals surface area contributed by atoms with E-state index >= 15 is 0 Å². The topological polar surface area (TPSA) is 86.1 Å². The van der Waals surface area contributed by atoms with Crippen LogP contribution in [0.3, 0.4) is 0 Å². The van der Waals surface area contributed by atoms with Gasteiger partial charge in [-0.2, -0.15) is 0 Å². The highest BCUT2D eigenvalue weighted by Gasteiger charge is 2.21. The van der Waals surface area contributed by atoms with Gasteiger partial charge in [0.05, 0.1) is 12.8 Å². The molecule has 0 bridgehead atoms. The number of fused-ring (bicyclic) bond motifs is 1. The largest absolute Gasteiger partial charge is 0.495 e. The molecule has 4 aromatic rings. The lowest BCUT2D eigenvalue weighted by molar-refractivity contribution is 0.102. The second kappa shape index (κ2) is 7.51. The number of amides is 1. The van der Waals surface area contributed by atoms with E-state index in [2.05, 4.69) is 15.3 Å². The molecule has 4 rings (SSSR count). The van der Waals surface area contributed by atoms with Gasteiger partial charge in [-0.05, 0) is 48.5 Å². The Balaban J connectivity index is 1.90. The zero-order valence-corrected chi connectivity index (χ0v) is 15.3. The number of benzene rings is 2. The SMILES string of the molecule is COc1ccccc1-n1c(=O)c(C(=O)Nc2ccc(F)cc2)nc2cccnc21. The van der Waals surface area contributed by atoms with Crippen LogP contribution in [0.25, 0.3) is 16.9 Å². The molecule has 0 aliphatic rings. The molecule has 2 aromatic carbocycles. The maximum absolute atomic E-state index is 13.2. The zero-order valence-electron chi connectivity index (χ0n) is 15.3. The lowest BCUT2D eigenvalue weighted by Crippen LogP contribution is -2.31. The highest BCUT2D eigenvalue weighted by Crippen LogP contribution is 2.23. The number of pyridine rings is 1. The molecule has 7 nitrogen and oxygen atoms in total. The van der Waals surface area contributed by atoms with Gasteiger partial charge in [0.15, 0.2) is 11.3 Å². The Morgan fingerprint density at radius 3 is 2.59 bits per heavy atom. The molecule has 0 atom stereocenters. The molecular weight excluding hydrogens is 375 g/mol. The summed E-state index contributed by atoms with van der Waals surface area (Å²) in [7, 11) is 1.49. The highest BCUT2D eigenvalue weighted by molar-refractivity contribution is 6.03. The van der Waals surface area contributed by atoms with E-state index in [1.165, 1.54) is 42.1 Å². The van der Waals surface area contributed by atoms with Crippen molar-refractivity contribution in [3.05, 3.63) is 88.7 Å². The average molecular weight is 390 g/mol. The van der Waals surface area contributed by atoms with Gasteiger partial charge in [-0.1, -0.05) is 12.1 Å². The molecule has 8 heteroatoms. The van der Waals surface area contributed by atoms with E-state index < -0.39 is 17.3 Å². The van der Waals surface area contributed by atoms with E-state index in [-0.39, 0.29) is 5.69 Å². The fourth-order valence-electron chi connectivity index (χ4n) is 2.93. The van der Waals surface area contributed by atoms with Crippen molar-refractivity contribution >= 4 is 22.8 Å². The normalized spacial score (nSPS) is 10.7. The van der Waals surface area contributed by atoms with Gasteiger partial charge in [0, 0.05) is 11.9 Å². The van der Waals surface area contributed by atoms with E-state index in [1.54, 1.807) is 36.4 Å². The summed E-state index contributed by atoms with van der Waals surface area (Å²) in [5.41, 5.74) is 0.457. The molecule has 0 saturated carbocycles. The maximum Gasteiger partial charge on any atom is 0.288 e. The second-order valence-electron chi connectivity index (χ2n) is 6.08. The molecule has 0 aliphatic heterocycles. The predicted octanol–water partition coefficient (Wildman–Crippen LogP) is 3.18. The molecule has 2 aromatic heterocycles. The Labute approximate surface area is 164 Å². The summed E-state index contributed by atoms with van der Waals surface area (Å²) < 4.78 is 19.8. The average Bonchev–Trinajstić information content (AvgIpc) is 2.75. The van der Waals surface area contributed by atoms with E-state index in [0.29, 0.717) is 28.3 Å². The monoisotopic (exact) mass is 390 g/mol. The van der Waals surface area contributed by atoms with Crippen LogP contribution in [0.2, 0.25) is 0 Å². The summed E-state index contributed by atoms with van der Waals surface area (Å²) in [6.07, 6.45) is 1.54. The van der Waals surface area contributed by atoms with Crippen molar-refractivity contribution in [2.24, 2.45) is 0 Å².